The van der Waals surface area contributed by atoms with Gasteiger partial charge in [0.15, 0.2) is 5.96 Å². The molecule has 1 aliphatic rings. The molecule has 0 atom stereocenters. The minimum atomic E-state index is -3.29. The Morgan fingerprint density at radius 3 is 2.79 bits per heavy atom. The van der Waals surface area contributed by atoms with Crippen molar-refractivity contribution in [3.8, 4) is 5.75 Å². The van der Waals surface area contributed by atoms with Crippen molar-refractivity contribution < 1.29 is 13.2 Å². The molecule has 1 saturated carbocycles. The highest BCUT2D eigenvalue weighted by Gasteiger charge is 2.19. The van der Waals surface area contributed by atoms with Gasteiger partial charge in [-0.15, -0.1) is 24.0 Å². The maximum Gasteiger partial charge on any atom is 0.213 e. The molecule has 2 rings (SSSR count). The number of guanidine groups is 1. The zero-order valence-corrected chi connectivity index (χ0v) is 16.8. The van der Waals surface area contributed by atoms with Gasteiger partial charge in [-0.1, -0.05) is 12.5 Å². The molecule has 4 N–H and O–H groups in total. The summed E-state index contributed by atoms with van der Waals surface area (Å²) < 4.78 is 31.4. The van der Waals surface area contributed by atoms with Gasteiger partial charge in [0.25, 0.3) is 0 Å². The number of nitrogens with zero attached hydrogens (tertiary/aromatic N) is 1. The SMILES string of the molecule is COc1cccc(NC(N)=NCCS(=O)(=O)NCC2CCC2)c1.I. The lowest BCUT2D eigenvalue weighted by atomic mass is 9.86. The zero-order chi connectivity index (χ0) is 16.7. The molecule has 0 bridgehead atoms. The van der Waals surface area contributed by atoms with Crippen LogP contribution in [-0.2, 0) is 10.0 Å². The average Bonchev–Trinajstić information content (AvgIpc) is 2.45. The van der Waals surface area contributed by atoms with Gasteiger partial charge >= 0.3 is 0 Å². The van der Waals surface area contributed by atoms with Crippen LogP contribution in [0.2, 0.25) is 0 Å². The topological polar surface area (TPSA) is 106 Å². The summed E-state index contributed by atoms with van der Waals surface area (Å²) in [5, 5.41) is 2.90. The molecule has 0 radical (unpaired) electrons. The molecule has 7 nitrogen and oxygen atoms in total. The van der Waals surface area contributed by atoms with Crippen LogP contribution in [0.1, 0.15) is 19.3 Å². The number of hydrogen-bond donors (Lipinski definition) is 3. The van der Waals surface area contributed by atoms with E-state index in [-0.39, 0.29) is 42.2 Å². The van der Waals surface area contributed by atoms with Crippen LogP contribution >= 0.6 is 24.0 Å². The average molecular weight is 468 g/mol. The first kappa shape index (κ1) is 21.0. The van der Waals surface area contributed by atoms with Crippen molar-refractivity contribution in [2.24, 2.45) is 16.6 Å². The minimum absolute atomic E-state index is 0. The lowest BCUT2D eigenvalue weighted by molar-refractivity contribution is 0.316. The molecule has 9 heteroatoms. The lowest BCUT2D eigenvalue weighted by Crippen LogP contribution is -2.34. The number of methoxy groups -OCH3 is 1. The summed E-state index contributed by atoms with van der Waals surface area (Å²) in [6.07, 6.45) is 3.42. The Morgan fingerprint density at radius 2 is 2.17 bits per heavy atom. The molecule has 0 amide bonds. The van der Waals surface area contributed by atoms with Gasteiger partial charge < -0.3 is 15.8 Å². The summed E-state index contributed by atoms with van der Waals surface area (Å²) in [5.74, 6) is 1.30. The second-order valence-corrected chi connectivity index (χ2v) is 7.51. The Morgan fingerprint density at radius 1 is 1.42 bits per heavy atom. The Balaban J connectivity index is 0.00000288. The fourth-order valence-electron chi connectivity index (χ4n) is 2.19. The van der Waals surface area contributed by atoms with Crippen molar-refractivity contribution in [1.82, 2.24) is 4.72 Å². The van der Waals surface area contributed by atoms with E-state index in [0.717, 1.165) is 18.5 Å². The highest BCUT2D eigenvalue weighted by Crippen LogP contribution is 2.25. The van der Waals surface area contributed by atoms with Crippen LogP contribution in [0, 0.1) is 5.92 Å². The van der Waals surface area contributed by atoms with E-state index in [2.05, 4.69) is 15.0 Å². The summed E-state index contributed by atoms with van der Waals surface area (Å²) >= 11 is 0. The van der Waals surface area contributed by atoms with Gasteiger partial charge in [0.05, 0.1) is 19.4 Å². The second-order valence-electron chi connectivity index (χ2n) is 5.59. The van der Waals surface area contributed by atoms with Crippen molar-refractivity contribution in [3.63, 3.8) is 0 Å². The van der Waals surface area contributed by atoms with Crippen LogP contribution in [-0.4, -0.2) is 40.3 Å². The number of halogens is 1. The summed E-state index contributed by atoms with van der Waals surface area (Å²) in [6.45, 7) is 0.645. The maximum absolute atomic E-state index is 11.8. The quantitative estimate of drug-likeness (QED) is 0.306. The van der Waals surface area contributed by atoms with Crippen molar-refractivity contribution in [1.29, 1.82) is 0 Å². The van der Waals surface area contributed by atoms with Crippen molar-refractivity contribution in [2.45, 2.75) is 19.3 Å². The summed E-state index contributed by atoms with van der Waals surface area (Å²) in [4.78, 5) is 4.04. The van der Waals surface area contributed by atoms with E-state index in [1.165, 1.54) is 6.42 Å². The fraction of sp³-hybridized carbons (Fsp3) is 0.533. The normalized spacial score (nSPS) is 15.3. The van der Waals surface area contributed by atoms with Crippen molar-refractivity contribution in [3.05, 3.63) is 24.3 Å². The van der Waals surface area contributed by atoms with Crippen LogP contribution in [0.15, 0.2) is 29.3 Å². The molecule has 1 aromatic carbocycles. The van der Waals surface area contributed by atoms with E-state index in [9.17, 15) is 8.42 Å². The first-order valence-corrected chi connectivity index (χ1v) is 9.32. The Labute approximate surface area is 160 Å². The molecule has 0 spiro atoms. The number of rotatable bonds is 8. The van der Waals surface area contributed by atoms with E-state index < -0.39 is 10.0 Å². The van der Waals surface area contributed by atoms with Gasteiger partial charge in [-0.2, -0.15) is 0 Å². The van der Waals surface area contributed by atoms with Gasteiger partial charge in [0.1, 0.15) is 5.75 Å². The zero-order valence-electron chi connectivity index (χ0n) is 13.7. The smallest absolute Gasteiger partial charge is 0.213 e. The highest BCUT2D eigenvalue weighted by atomic mass is 127. The molecule has 1 fully saturated rings. The number of nitrogens with two attached hydrogens (primary N) is 1. The third-order valence-corrected chi connectivity index (χ3v) is 5.13. The first-order valence-electron chi connectivity index (χ1n) is 7.67. The number of hydrogen-bond acceptors (Lipinski definition) is 4. The monoisotopic (exact) mass is 468 g/mol. The number of nitrogens with one attached hydrogen (secondary N) is 2. The minimum Gasteiger partial charge on any atom is -0.497 e. The third-order valence-electron chi connectivity index (χ3n) is 3.80. The van der Waals surface area contributed by atoms with Crippen LogP contribution in [0.4, 0.5) is 5.69 Å². The largest absolute Gasteiger partial charge is 0.497 e. The van der Waals surface area contributed by atoms with Gasteiger partial charge in [-0.3, -0.25) is 4.99 Å². The van der Waals surface area contributed by atoms with E-state index in [1.807, 2.05) is 18.2 Å². The van der Waals surface area contributed by atoms with Crippen LogP contribution in [0.25, 0.3) is 0 Å². The predicted octanol–water partition coefficient (Wildman–Crippen LogP) is 1.76. The molecule has 1 aliphatic carbocycles. The summed E-state index contributed by atoms with van der Waals surface area (Å²) in [7, 11) is -1.71. The molecule has 0 heterocycles. The number of aliphatic imine (C=N–C) groups is 1. The molecule has 0 unspecified atom stereocenters. The molecule has 0 aromatic heterocycles. The van der Waals surface area contributed by atoms with Crippen molar-refractivity contribution >= 4 is 45.6 Å². The summed E-state index contributed by atoms with van der Waals surface area (Å²) in [6, 6.07) is 7.24. The standard InChI is InChI=1S/C15H24N4O3S.HI/c1-22-14-7-3-6-13(10-14)19-15(16)17-8-9-23(20,21)18-11-12-4-2-5-12;/h3,6-7,10,12,18H,2,4-5,8-9,11H2,1H3,(H3,16,17,19);1H. The van der Waals surface area contributed by atoms with Gasteiger partial charge in [-0.05, 0) is 30.9 Å². The molecule has 0 saturated heterocycles. The highest BCUT2D eigenvalue weighted by molar-refractivity contribution is 14.0. The Hall–Kier alpha value is -1.07. The number of benzene rings is 1. The third kappa shape index (κ3) is 7.22. The molecule has 24 heavy (non-hydrogen) atoms. The van der Waals surface area contributed by atoms with Crippen LogP contribution < -0.4 is 20.5 Å². The molecule has 1 aromatic rings. The van der Waals surface area contributed by atoms with E-state index in [4.69, 9.17) is 10.5 Å². The number of ether oxygens (including phenoxy) is 1. The molecular formula is C15H25IN4O3S. The van der Waals surface area contributed by atoms with Crippen molar-refractivity contribution in [2.75, 3.05) is 31.3 Å². The predicted molar refractivity (Wildman–Crippen MR) is 108 cm³/mol. The Kier molecular flexibility index (Phi) is 8.78. The lowest BCUT2D eigenvalue weighted by Gasteiger charge is -2.25. The first-order chi connectivity index (χ1) is 11.0. The molecule has 136 valence electrons. The molecular weight excluding hydrogens is 443 g/mol. The fourth-order valence-corrected chi connectivity index (χ4v) is 3.15. The van der Waals surface area contributed by atoms with Crippen LogP contribution in [0.3, 0.4) is 0 Å². The van der Waals surface area contributed by atoms with E-state index in [0.29, 0.717) is 18.2 Å². The van der Waals surface area contributed by atoms with Gasteiger partial charge in [-0.25, -0.2) is 13.1 Å². The summed E-state index contributed by atoms with van der Waals surface area (Å²) in [5.41, 5.74) is 6.50. The maximum atomic E-state index is 11.8. The number of anilines is 1. The van der Waals surface area contributed by atoms with E-state index in [1.54, 1.807) is 13.2 Å². The number of sulfonamides is 1. The van der Waals surface area contributed by atoms with E-state index >= 15 is 0 Å². The molecule has 0 aliphatic heterocycles. The van der Waals surface area contributed by atoms with Crippen LogP contribution in [0.5, 0.6) is 5.75 Å². The second kappa shape index (κ2) is 10.0. The Bertz CT molecular complexity index is 648. The van der Waals surface area contributed by atoms with Gasteiger partial charge in [0, 0.05) is 18.3 Å². The van der Waals surface area contributed by atoms with Gasteiger partial charge in [0.2, 0.25) is 10.0 Å².